The van der Waals surface area contributed by atoms with E-state index in [0.717, 1.165) is 21.8 Å². The molecule has 0 saturated heterocycles. The molecule has 0 saturated carbocycles. The normalized spacial score (nSPS) is 11.0. The van der Waals surface area contributed by atoms with Gasteiger partial charge in [0.1, 0.15) is 5.01 Å². The number of oxazole rings is 1. The van der Waals surface area contributed by atoms with Gasteiger partial charge in [-0.1, -0.05) is 12.1 Å². The van der Waals surface area contributed by atoms with Crippen molar-refractivity contribution < 1.29 is 9.34 Å². The van der Waals surface area contributed by atoms with E-state index in [1.807, 2.05) is 23.6 Å². The average Bonchev–Trinajstić information content (AvgIpc) is 3.20. The van der Waals surface area contributed by atoms with E-state index in [0.29, 0.717) is 12.1 Å². The van der Waals surface area contributed by atoms with Crippen LogP contribution in [0.5, 0.6) is 0 Å². The van der Waals surface area contributed by atoms with Crippen LogP contribution in [0.25, 0.3) is 21.7 Å². The minimum absolute atomic E-state index is 0.0388. The van der Waals surface area contributed by atoms with Gasteiger partial charge in [-0.2, -0.15) is 0 Å². The number of nitro groups is 1. The highest BCUT2D eigenvalue weighted by molar-refractivity contribution is 7.13. The summed E-state index contributed by atoms with van der Waals surface area (Å²) in [6.45, 7) is 0.305. The first kappa shape index (κ1) is 15.3. The topological polar surface area (TPSA) is 91.2 Å². The maximum absolute atomic E-state index is 12.0. The monoisotopic (exact) mass is 353 g/mol. The summed E-state index contributed by atoms with van der Waals surface area (Å²) in [7, 11) is 0. The highest BCUT2D eigenvalue weighted by Gasteiger charge is 2.12. The van der Waals surface area contributed by atoms with Gasteiger partial charge in [0.2, 0.25) is 0 Å². The molecule has 0 amide bonds. The summed E-state index contributed by atoms with van der Waals surface area (Å²) in [5, 5.41) is 13.3. The van der Waals surface area contributed by atoms with Crippen molar-refractivity contribution in [2.75, 3.05) is 0 Å². The van der Waals surface area contributed by atoms with E-state index in [2.05, 4.69) is 4.98 Å². The largest absolute Gasteiger partial charge is 0.420 e. The third-order valence-electron chi connectivity index (χ3n) is 3.77. The number of fused-ring (bicyclic) bond motifs is 1. The van der Waals surface area contributed by atoms with Crippen LogP contribution in [0.4, 0.5) is 5.69 Å². The van der Waals surface area contributed by atoms with Crippen LogP contribution < -0.4 is 5.76 Å². The number of aromatic nitrogens is 2. The van der Waals surface area contributed by atoms with Crippen molar-refractivity contribution in [1.29, 1.82) is 0 Å². The smallest absolute Gasteiger partial charge is 0.408 e. The van der Waals surface area contributed by atoms with E-state index in [9.17, 15) is 14.9 Å². The van der Waals surface area contributed by atoms with Gasteiger partial charge in [0.25, 0.3) is 5.69 Å². The molecular weight excluding hydrogens is 342 g/mol. The molecule has 0 radical (unpaired) electrons. The van der Waals surface area contributed by atoms with Crippen molar-refractivity contribution in [2.45, 2.75) is 6.54 Å². The number of benzene rings is 2. The SMILES string of the molecule is O=c1oc2ccccc2n1Cc1csc(-c2ccc([N+](=O)[O-])cc2)n1. The fraction of sp³-hybridized carbons (Fsp3) is 0.0588. The zero-order chi connectivity index (χ0) is 17.4. The van der Waals surface area contributed by atoms with Gasteiger partial charge in [-0.05, 0) is 24.3 Å². The van der Waals surface area contributed by atoms with Crippen LogP contribution in [0.2, 0.25) is 0 Å². The first-order chi connectivity index (χ1) is 12.1. The van der Waals surface area contributed by atoms with Gasteiger partial charge in [0.05, 0.1) is 22.7 Å². The molecule has 4 rings (SSSR count). The molecule has 0 spiro atoms. The summed E-state index contributed by atoms with van der Waals surface area (Å²) < 4.78 is 6.75. The van der Waals surface area contributed by atoms with E-state index < -0.39 is 10.7 Å². The average molecular weight is 353 g/mol. The molecule has 0 aliphatic carbocycles. The summed E-state index contributed by atoms with van der Waals surface area (Å²) in [6.07, 6.45) is 0. The molecule has 2 heterocycles. The summed E-state index contributed by atoms with van der Waals surface area (Å²) in [5.41, 5.74) is 2.82. The second-order valence-corrected chi connectivity index (χ2v) is 6.23. The summed E-state index contributed by atoms with van der Waals surface area (Å²) in [6, 6.07) is 13.5. The quantitative estimate of drug-likeness (QED) is 0.412. The number of thiazole rings is 1. The summed E-state index contributed by atoms with van der Waals surface area (Å²) >= 11 is 1.42. The number of para-hydroxylation sites is 2. The Morgan fingerprint density at radius 3 is 2.68 bits per heavy atom. The van der Waals surface area contributed by atoms with Crippen molar-refractivity contribution in [3.63, 3.8) is 0 Å². The Morgan fingerprint density at radius 2 is 1.92 bits per heavy atom. The van der Waals surface area contributed by atoms with Crippen molar-refractivity contribution >= 4 is 28.1 Å². The Hall–Kier alpha value is -3.26. The number of non-ortho nitro benzene ring substituents is 1. The Morgan fingerprint density at radius 1 is 1.16 bits per heavy atom. The number of nitrogens with zero attached hydrogens (tertiary/aromatic N) is 3. The van der Waals surface area contributed by atoms with Gasteiger partial charge >= 0.3 is 5.76 Å². The van der Waals surface area contributed by atoms with Crippen LogP contribution in [0.1, 0.15) is 5.69 Å². The molecule has 2 aromatic carbocycles. The molecule has 4 aromatic rings. The molecule has 0 unspecified atom stereocenters. The van der Waals surface area contributed by atoms with Crippen LogP contribution in [0, 0.1) is 10.1 Å². The highest BCUT2D eigenvalue weighted by atomic mass is 32.1. The maximum atomic E-state index is 12.0. The number of hydrogen-bond donors (Lipinski definition) is 0. The standard InChI is InChI=1S/C17H11N3O4S/c21-17-19(14-3-1-2-4-15(14)24-17)9-12-10-25-16(18-12)11-5-7-13(8-6-11)20(22)23/h1-8,10H,9H2. The zero-order valence-electron chi connectivity index (χ0n) is 12.8. The second kappa shape index (κ2) is 5.99. The molecule has 0 atom stereocenters. The van der Waals surface area contributed by atoms with Crippen LogP contribution in [-0.4, -0.2) is 14.5 Å². The van der Waals surface area contributed by atoms with Crippen molar-refractivity contribution in [3.05, 3.63) is 80.3 Å². The molecule has 0 aliphatic rings. The van der Waals surface area contributed by atoms with Gasteiger partial charge in [-0.25, -0.2) is 9.78 Å². The van der Waals surface area contributed by atoms with Crippen LogP contribution >= 0.6 is 11.3 Å². The Kier molecular flexibility index (Phi) is 3.66. The molecular formula is C17H11N3O4S. The molecule has 124 valence electrons. The lowest BCUT2D eigenvalue weighted by Gasteiger charge is -1.99. The van der Waals surface area contributed by atoms with E-state index in [-0.39, 0.29) is 5.69 Å². The third-order valence-corrected chi connectivity index (χ3v) is 4.71. The minimum Gasteiger partial charge on any atom is -0.408 e. The van der Waals surface area contributed by atoms with Gasteiger partial charge in [-0.15, -0.1) is 11.3 Å². The third kappa shape index (κ3) is 2.83. The highest BCUT2D eigenvalue weighted by Crippen LogP contribution is 2.26. The van der Waals surface area contributed by atoms with Crippen LogP contribution in [-0.2, 0) is 6.54 Å². The minimum atomic E-state index is -0.437. The second-order valence-electron chi connectivity index (χ2n) is 5.37. The molecule has 0 bridgehead atoms. The van der Waals surface area contributed by atoms with Crippen molar-refractivity contribution in [3.8, 4) is 10.6 Å². The van der Waals surface area contributed by atoms with Gasteiger partial charge in [0.15, 0.2) is 5.58 Å². The van der Waals surface area contributed by atoms with Crippen molar-refractivity contribution in [1.82, 2.24) is 9.55 Å². The number of hydrogen-bond acceptors (Lipinski definition) is 6. The molecule has 0 fully saturated rings. The predicted molar refractivity (Wildman–Crippen MR) is 93.8 cm³/mol. The van der Waals surface area contributed by atoms with Gasteiger partial charge in [-0.3, -0.25) is 14.7 Å². The zero-order valence-corrected chi connectivity index (χ0v) is 13.6. The molecule has 0 N–H and O–H groups in total. The lowest BCUT2D eigenvalue weighted by molar-refractivity contribution is -0.384. The molecule has 8 heteroatoms. The molecule has 7 nitrogen and oxygen atoms in total. The van der Waals surface area contributed by atoms with Crippen molar-refractivity contribution in [2.24, 2.45) is 0 Å². The van der Waals surface area contributed by atoms with E-state index >= 15 is 0 Å². The molecule has 25 heavy (non-hydrogen) atoms. The first-order valence-corrected chi connectivity index (χ1v) is 8.27. The first-order valence-electron chi connectivity index (χ1n) is 7.39. The Labute approximate surface area is 144 Å². The van der Waals surface area contributed by atoms with E-state index in [1.165, 1.54) is 28.0 Å². The summed E-state index contributed by atoms with van der Waals surface area (Å²) in [4.78, 5) is 26.8. The van der Waals surface area contributed by atoms with E-state index in [4.69, 9.17) is 4.42 Å². The van der Waals surface area contributed by atoms with Gasteiger partial charge < -0.3 is 4.42 Å². The lowest BCUT2D eigenvalue weighted by atomic mass is 10.2. The molecule has 2 aromatic heterocycles. The lowest BCUT2D eigenvalue weighted by Crippen LogP contribution is -2.14. The molecule has 0 aliphatic heterocycles. The van der Waals surface area contributed by atoms with Crippen LogP contribution in [0.3, 0.4) is 0 Å². The van der Waals surface area contributed by atoms with Gasteiger partial charge in [0, 0.05) is 23.1 Å². The fourth-order valence-electron chi connectivity index (χ4n) is 2.56. The Balaban J connectivity index is 1.64. The van der Waals surface area contributed by atoms with Crippen LogP contribution in [0.15, 0.2) is 63.1 Å². The number of nitro benzene ring substituents is 1. The number of rotatable bonds is 4. The predicted octanol–water partition coefficient (Wildman–Crippen LogP) is 3.67. The Bertz CT molecular complexity index is 1120. The summed E-state index contributed by atoms with van der Waals surface area (Å²) in [5.74, 6) is -0.425. The van der Waals surface area contributed by atoms with E-state index in [1.54, 1.807) is 18.2 Å². The maximum Gasteiger partial charge on any atom is 0.420 e. The fourth-order valence-corrected chi connectivity index (χ4v) is 3.38.